The van der Waals surface area contributed by atoms with E-state index in [-0.39, 0.29) is 16.1 Å². The highest BCUT2D eigenvalue weighted by Gasteiger charge is 2.18. The molecule has 3 rings (SSSR count). The van der Waals surface area contributed by atoms with Gasteiger partial charge in [0, 0.05) is 28.7 Å². The first kappa shape index (κ1) is 16.7. The fraction of sp³-hybridized carbons (Fsp3) is 0.214. The third-order valence-corrected chi connectivity index (χ3v) is 6.58. The summed E-state index contributed by atoms with van der Waals surface area (Å²) in [5.41, 5.74) is 3.44. The smallest absolute Gasteiger partial charge is 0.251 e. The molecule has 2 aromatic heterocycles. The number of aromatic nitrogens is 2. The van der Waals surface area contributed by atoms with Gasteiger partial charge in [-0.25, -0.2) is 13.1 Å². The van der Waals surface area contributed by atoms with Crippen molar-refractivity contribution in [3.05, 3.63) is 46.7 Å². The van der Waals surface area contributed by atoms with Crippen LogP contribution in [0.3, 0.4) is 0 Å². The molecule has 0 bridgehead atoms. The minimum absolute atomic E-state index is 0.134. The van der Waals surface area contributed by atoms with Crippen molar-refractivity contribution in [2.24, 2.45) is 0 Å². The molecule has 122 valence electrons. The van der Waals surface area contributed by atoms with E-state index in [1.807, 2.05) is 24.4 Å². The molecule has 1 atom stereocenters. The summed E-state index contributed by atoms with van der Waals surface area (Å²) in [5, 5.41) is 1.26. The summed E-state index contributed by atoms with van der Waals surface area (Å²) in [6.45, 7) is 0.134. The molecule has 3 aromatic rings. The summed E-state index contributed by atoms with van der Waals surface area (Å²) < 4.78 is 26.8. The van der Waals surface area contributed by atoms with E-state index in [1.54, 1.807) is 0 Å². The maximum Gasteiger partial charge on any atom is 0.251 e. The molecule has 23 heavy (non-hydrogen) atoms. The normalized spacial score (nSPS) is 13.5. The van der Waals surface area contributed by atoms with E-state index < -0.39 is 10.0 Å². The van der Waals surface area contributed by atoms with Crippen molar-refractivity contribution in [1.82, 2.24) is 14.7 Å². The molecule has 1 aromatic carbocycles. The molecular weight excluding hydrogens is 377 g/mol. The molecule has 0 aliphatic rings. The first-order valence-corrected chi connectivity index (χ1v) is 9.91. The highest BCUT2D eigenvalue weighted by Crippen LogP contribution is 2.24. The number of alkyl halides is 1. The van der Waals surface area contributed by atoms with E-state index in [4.69, 9.17) is 23.2 Å². The summed E-state index contributed by atoms with van der Waals surface area (Å²) >= 11 is 13.4. The summed E-state index contributed by atoms with van der Waals surface area (Å²) in [6.07, 6.45) is 3.71. The quantitative estimate of drug-likeness (QED) is 0.634. The SMILES string of the molecule is O=S(=O)(NCC(Cl)Cc1c[nH]c2ccc(Cl)cc12)c1cncs1. The fourth-order valence-electron chi connectivity index (χ4n) is 2.24. The molecule has 0 saturated carbocycles. The van der Waals surface area contributed by atoms with Crippen molar-refractivity contribution in [2.45, 2.75) is 16.0 Å². The van der Waals surface area contributed by atoms with Gasteiger partial charge in [0.1, 0.15) is 0 Å². The average Bonchev–Trinajstić information content (AvgIpc) is 3.16. The molecule has 2 heterocycles. The Kier molecular flexibility index (Phi) is 4.93. The molecule has 0 fully saturated rings. The molecule has 0 amide bonds. The van der Waals surface area contributed by atoms with Gasteiger partial charge in [0.15, 0.2) is 4.21 Å². The second kappa shape index (κ2) is 6.78. The lowest BCUT2D eigenvalue weighted by Gasteiger charge is -2.10. The van der Waals surface area contributed by atoms with Gasteiger partial charge in [0.2, 0.25) is 0 Å². The van der Waals surface area contributed by atoms with Gasteiger partial charge in [-0.2, -0.15) is 0 Å². The number of hydrogen-bond acceptors (Lipinski definition) is 4. The predicted octanol–water partition coefficient (Wildman–Crippen LogP) is 3.41. The Morgan fingerprint density at radius 2 is 2.22 bits per heavy atom. The summed E-state index contributed by atoms with van der Waals surface area (Å²) in [5.74, 6) is 0. The van der Waals surface area contributed by atoms with Crippen LogP contribution >= 0.6 is 34.5 Å². The lowest BCUT2D eigenvalue weighted by Crippen LogP contribution is -2.30. The number of sulfonamides is 1. The van der Waals surface area contributed by atoms with Crippen LogP contribution in [0.25, 0.3) is 10.9 Å². The van der Waals surface area contributed by atoms with Crippen molar-refractivity contribution >= 4 is 55.5 Å². The number of nitrogens with zero attached hydrogens (tertiary/aromatic N) is 1. The molecule has 2 N–H and O–H groups in total. The van der Waals surface area contributed by atoms with Gasteiger partial charge >= 0.3 is 0 Å². The molecule has 1 unspecified atom stereocenters. The van der Waals surface area contributed by atoms with Crippen LogP contribution in [-0.4, -0.2) is 30.3 Å². The van der Waals surface area contributed by atoms with Crippen LogP contribution in [0, 0.1) is 0 Å². The van der Waals surface area contributed by atoms with Gasteiger partial charge in [0.25, 0.3) is 10.0 Å². The maximum atomic E-state index is 12.0. The van der Waals surface area contributed by atoms with Crippen LogP contribution in [0.1, 0.15) is 5.56 Å². The van der Waals surface area contributed by atoms with Crippen LogP contribution < -0.4 is 4.72 Å². The molecule has 5 nitrogen and oxygen atoms in total. The minimum Gasteiger partial charge on any atom is -0.361 e. The average molecular weight is 390 g/mol. The van der Waals surface area contributed by atoms with Crippen molar-refractivity contribution in [3.8, 4) is 0 Å². The number of halogens is 2. The fourth-order valence-corrected chi connectivity index (χ4v) is 4.67. The van der Waals surface area contributed by atoms with Gasteiger partial charge in [-0.1, -0.05) is 11.6 Å². The van der Waals surface area contributed by atoms with Crippen LogP contribution in [0.2, 0.25) is 5.02 Å². The Morgan fingerprint density at radius 3 is 2.96 bits per heavy atom. The Hall–Kier alpha value is -1.12. The molecule has 0 aliphatic carbocycles. The van der Waals surface area contributed by atoms with Gasteiger partial charge in [-0.15, -0.1) is 22.9 Å². The number of fused-ring (bicyclic) bond motifs is 1. The summed E-state index contributed by atoms with van der Waals surface area (Å²) in [6, 6.07) is 5.58. The van der Waals surface area contributed by atoms with Crippen molar-refractivity contribution < 1.29 is 8.42 Å². The lowest BCUT2D eigenvalue weighted by atomic mass is 10.1. The zero-order valence-electron chi connectivity index (χ0n) is 11.8. The highest BCUT2D eigenvalue weighted by molar-refractivity contribution is 7.91. The van der Waals surface area contributed by atoms with E-state index in [1.165, 1.54) is 11.7 Å². The molecule has 0 aliphatic heterocycles. The molecular formula is C14H13Cl2N3O2S2. The third-order valence-electron chi connectivity index (χ3n) is 3.34. The van der Waals surface area contributed by atoms with Crippen molar-refractivity contribution in [3.63, 3.8) is 0 Å². The van der Waals surface area contributed by atoms with Crippen molar-refractivity contribution in [2.75, 3.05) is 6.54 Å². The summed E-state index contributed by atoms with van der Waals surface area (Å²) in [4.78, 5) is 6.92. The standard InChI is InChI=1S/C14H13Cl2N3O2S2/c15-10-1-2-13-12(4-10)9(5-18-13)3-11(16)6-19-23(20,21)14-7-17-8-22-14/h1-2,4-5,7-8,11,18-19H,3,6H2. The van der Waals surface area contributed by atoms with Crippen LogP contribution in [0.5, 0.6) is 0 Å². The number of rotatable bonds is 6. The second-order valence-electron chi connectivity index (χ2n) is 4.98. The molecule has 0 radical (unpaired) electrons. The number of benzene rings is 1. The lowest BCUT2D eigenvalue weighted by molar-refractivity contribution is 0.581. The Bertz CT molecular complexity index is 907. The van der Waals surface area contributed by atoms with E-state index in [9.17, 15) is 8.42 Å². The number of nitrogens with one attached hydrogen (secondary N) is 2. The van der Waals surface area contributed by atoms with Gasteiger partial charge in [-0.3, -0.25) is 4.98 Å². The van der Waals surface area contributed by atoms with E-state index in [0.717, 1.165) is 27.8 Å². The number of thiazole rings is 1. The van der Waals surface area contributed by atoms with Crippen LogP contribution in [0.15, 0.2) is 40.3 Å². The first-order chi connectivity index (χ1) is 11.0. The van der Waals surface area contributed by atoms with Gasteiger partial charge < -0.3 is 4.98 Å². The third kappa shape index (κ3) is 3.87. The predicted molar refractivity (Wildman–Crippen MR) is 94.0 cm³/mol. The Balaban J connectivity index is 1.67. The maximum absolute atomic E-state index is 12.0. The topological polar surface area (TPSA) is 74.8 Å². The zero-order chi connectivity index (χ0) is 16.4. The highest BCUT2D eigenvalue weighted by atomic mass is 35.5. The van der Waals surface area contributed by atoms with Crippen LogP contribution in [0.4, 0.5) is 0 Å². The van der Waals surface area contributed by atoms with E-state index in [0.29, 0.717) is 11.4 Å². The van der Waals surface area contributed by atoms with Gasteiger partial charge in [-0.05, 0) is 30.2 Å². The number of aromatic amines is 1. The Labute approximate surface area is 147 Å². The Morgan fingerprint density at radius 1 is 1.39 bits per heavy atom. The largest absolute Gasteiger partial charge is 0.361 e. The van der Waals surface area contributed by atoms with Crippen LogP contribution in [-0.2, 0) is 16.4 Å². The molecule has 0 saturated heterocycles. The van der Waals surface area contributed by atoms with E-state index >= 15 is 0 Å². The van der Waals surface area contributed by atoms with Crippen molar-refractivity contribution in [1.29, 1.82) is 0 Å². The second-order valence-corrected chi connectivity index (χ2v) is 8.91. The minimum atomic E-state index is -3.55. The molecule has 9 heteroatoms. The van der Waals surface area contributed by atoms with E-state index in [2.05, 4.69) is 14.7 Å². The number of hydrogen-bond donors (Lipinski definition) is 2. The van der Waals surface area contributed by atoms with Gasteiger partial charge in [0.05, 0.1) is 17.1 Å². The first-order valence-electron chi connectivity index (χ1n) is 6.73. The monoisotopic (exact) mass is 389 g/mol. The molecule has 0 spiro atoms. The number of H-pyrrole nitrogens is 1. The zero-order valence-corrected chi connectivity index (χ0v) is 14.9. The summed E-state index contributed by atoms with van der Waals surface area (Å²) in [7, 11) is -3.55.